The van der Waals surface area contributed by atoms with Gasteiger partial charge in [0.2, 0.25) is 0 Å². The van der Waals surface area contributed by atoms with Crippen LogP contribution in [0.1, 0.15) is 36.1 Å². The van der Waals surface area contributed by atoms with Crippen LogP contribution in [0.15, 0.2) is 90.2 Å². The first-order chi connectivity index (χ1) is 18.7. The van der Waals surface area contributed by atoms with E-state index >= 15 is 0 Å². The minimum absolute atomic E-state index is 0.971. The highest BCUT2D eigenvalue weighted by Gasteiger charge is 2.20. The molecule has 0 saturated carbocycles. The molecule has 3 aromatic heterocycles. The summed E-state index contributed by atoms with van der Waals surface area (Å²) < 4.78 is 2.15. The smallest absolute Gasteiger partial charge is 0.121 e. The Morgan fingerprint density at radius 1 is 0.737 bits per heavy atom. The third kappa shape index (κ3) is 4.34. The largest absolute Gasteiger partial charge is 0.405 e. The van der Waals surface area contributed by atoms with Gasteiger partial charge in [0.1, 0.15) is 10.0 Å². The Morgan fingerprint density at radius 2 is 1.47 bits per heavy atom. The first kappa shape index (κ1) is 23.4. The Balaban J connectivity index is 1.37. The summed E-state index contributed by atoms with van der Waals surface area (Å²) in [6.45, 7) is 0. The molecule has 2 aliphatic heterocycles. The Bertz CT molecular complexity index is 1680. The van der Waals surface area contributed by atoms with Gasteiger partial charge in [-0.1, -0.05) is 30.3 Å². The second kappa shape index (κ2) is 9.86. The molecule has 0 fully saturated rings. The molecule has 38 heavy (non-hydrogen) atoms. The predicted molar refractivity (Wildman–Crippen MR) is 161 cm³/mol. The van der Waals surface area contributed by atoms with E-state index in [-0.39, 0.29) is 0 Å². The van der Waals surface area contributed by atoms with Crippen LogP contribution in [0.3, 0.4) is 0 Å². The first-order valence-electron chi connectivity index (χ1n) is 13.2. The van der Waals surface area contributed by atoms with E-state index in [0.29, 0.717) is 0 Å². The number of benzene rings is 2. The number of aliphatic imine (C=N–C) groups is 1. The van der Waals surface area contributed by atoms with Gasteiger partial charge in [0, 0.05) is 27.4 Å². The van der Waals surface area contributed by atoms with Gasteiger partial charge in [0.15, 0.2) is 0 Å². The zero-order chi connectivity index (χ0) is 25.5. The SMILES string of the molecule is NC=CC1=Nc2sc(-c3cc(-c4ccccc4)cc(-c4cc5c(s4)-n4nccc4CCC5)c3)cc2CCC1. The van der Waals surface area contributed by atoms with Crippen LogP contribution >= 0.6 is 22.7 Å². The summed E-state index contributed by atoms with van der Waals surface area (Å²) in [6, 6.07) is 24.6. The molecule has 5 aromatic rings. The van der Waals surface area contributed by atoms with Gasteiger partial charge in [-0.15, -0.1) is 22.7 Å². The summed E-state index contributed by atoms with van der Waals surface area (Å²) in [6.07, 6.45) is 11.9. The molecular weight excluding hydrogens is 505 g/mol. The van der Waals surface area contributed by atoms with E-state index in [2.05, 4.69) is 76.5 Å². The van der Waals surface area contributed by atoms with E-state index < -0.39 is 0 Å². The fraction of sp³-hybridized carbons (Fsp3) is 0.188. The molecule has 4 nitrogen and oxygen atoms in total. The van der Waals surface area contributed by atoms with E-state index in [9.17, 15) is 0 Å². The number of nitrogens with two attached hydrogens (primary N) is 1. The molecule has 0 amide bonds. The van der Waals surface area contributed by atoms with Crippen LogP contribution in [0.4, 0.5) is 5.00 Å². The molecule has 188 valence electrons. The lowest BCUT2D eigenvalue weighted by atomic mass is 9.97. The van der Waals surface area contributed by atoms with Crippen molar-refractivity contribution in [2.45, 2.75) is 38.5 Å². The molecule has 0 aliphatic carbocycles. The van der Waals surface area contributed by atoms with Gasteiger partial charge in [-0.05, 0) is 121 Å². The Hall–Kier alpha value is -3.74. The number of rotatable bonds is 4. The molecule has 0 radical (unpaired) electrons. The molecule has 7 rings (SSSR count). The van der Waals surface area contributed by atoms with Crippen LogP contribution in [0.25, 0.3) is 37.0 Å². The second-order valence-electron chi connectivity index (χ2n) is 9.95. The summed E-state index contributed by atoms with van der Waals surface area (Å²) in [5.41, 5.74) is 15.8. The molecule has 0 saturated heterocycles. The van der Waals surface area contributed by atoms with Gasteiger partial charge in [-0.3, -0.25) is 0 Å². The lowest BCUT2D eigenvalue weighted by Crippen LogP contribution is -1.98. The Kier molecular flexibility index (Phi) is 6.06. The average Bonchev–Trinajstić information content (AvgIpc) is 3.63. The number of thiophene rings is 2. The van der Waals surface area contributed by atoms with Crippen molar-refractivity contribution in [1.82, 2.24) is 9.78 Å². The fourth-order valence-electron chi connectivity index (χ4n) is 5.51. The maximum atomic E-state index is 5.67. The molecule has 0 unspecified atom stereocenters. The molecule has 5 heterocycles. The standard InChI is InChI=1S/C32H28N4S2/c33-14-12-27-10-4-8-22-19-29(37-31(22)35-27)25-16-24(21-6-2-1-3-7-21)17-26(18-25)30-20-23-9-5-11-28-13-15-34-36(28)32(23)38-30/h1-3,6-7,12-20H,4-5,8-11,33H2. The quantitative estimate of drug-likeness (QED) is 0.253. The predicted octanol–water partition coefficient (Wildman–Crippen LogP) is 8.37. The van der Waals surface area contributed by atoms with Gasteiger partial charge < -0.3 is 5.73 Å². The number of aromatic nitrogens is 2. The maximum Gasteiger partial charge on any atom is 0.121 e. The number of hydrogen-bond donors (Lipinski definition) is 1. The van der Waals surface area contributed by atoms with Crippen molar-refractivity contribution in [3.05, 3.63) is 102 Å². The molecule has 2 N–H and O–H groups in total. The van der Waals surface area contributed by atoms with Crippen molar-refractivity contribution in [2.24, 2.45) is 10.7 Å². The van der Waals surface area contributed by atoms with E-state index in [1.54, 1.807) is 17.5 Å². The zero-order valence-electron chi connectivity index (χ0n) is 21.1. The van der Waals surface area contributed by atoms with Crippen LogP contribution in [0.5, 0.6) is 0 Å². The van der Waals surface area contributed by atoms with E-state index in [0.717, 1.165) is 49.2 Å². The number of nitrogens with zero attached hydrogens (tertiary/aromatic N) is 3. The van der Waals surface area contributed by atoms with Crippen molar-refractivity contribution >= 4 is 33.4 Å². The average molecular weight is 533 g/mol. The van der Waals surface area contributed by atoms with E-state index in [1.807, 2.05) is 23.6 Å². The van der Waals surface area contributed by atoms with Crippen molar-refractivity contribution in [3.63, 3.8) is 0 Å². The van der Waals surface area contributed by atoms with Gasteiger partial charge in [-0.25, -0.2) is 9.67 Å². The molecule has 2 aromatic carbocycles. The number of allylic oxidation sites excluding steroid dienone is 1. The summed E-state index contributed by atoms with van der Waals surface area (Å²) >= 11 is 3.64. The summed E-state index contributed by atoms with van der Waals surface area (Å²) in [5, 5.41) is 7.05. The van der Waals surface area contributed by atoms with Gasteiger partial charge >= 0.3 is 0 Å². The summed E-state index contributed by atoms with van der Waals surface area (Å²) in [5.74, 6) is 0. The zero-order valence-corrected chi connectivity index (χ0v) is 22.7. The van der Waals surface area contributed by atoms with Crippen LogP contribution in [-0.4, -0.2) is 15.5 Å². The van der Waals surface area contributed by atoms with E-state index in [1.165, 1.54) is 53.8 Å². The van der Waals surface area contributed by atoms with Gasteiger partial charge in [0.25, 0.3) is 0 Å². The molecule has 0 spiro atoms. The van der Waals surface area contributed by atoms with Crippen molar-refractivity contribution in [3.8, 4) is 37.0 Å². The molecular formula is C32H28N4S2. The lowest BCUT2D eigenvalue weighted by Gasteiger charge is -2.09. The normalized spacial score (nSPS) is 14.9. The highest BCUT2D eigenvalue weighted by atomic mass is 32.1. The van der Waals surface area contributed by atoms with Crippen molar-refractivity contribution in [2.75, 3.05) is 0 Å². The monoisotopic (exact) mass is 532 g/mol. The summed E-state index contributed by atoms with van der Waals surface area (Å²) in [7, 11) is 0. The number of aryl methyl sites for hydroxylation is 3. The third-order valence-corrected chi connectivity index (χ3v) is 9.71. The van der Waals surface area contributed by atoms with E-state index in [4.69, 9.17) is 10.7 Å². The maximum absolute atomic E-state index is 5.67. The topological polar surface area (TPSA) is 56.2 Å². The van der Waals surface area contributed by atoms with Crippen LogP contribution in [0.2, 0.25) is 0 Å². The number of fused-ring (bicyclic) bond motifs is 4. The van der Waals surface area contributed by atoms with Crippen LogP contribution in [-0.2, 0) is 19.3 Å². The van der Waals surface area contributed by atoms with Gasteiger partial charge in [0.05, 0.1) is 0 Å². The lowest BCUT2D eigenvalue weighted by molar-refractivity contribution is 0.786. The highest BCUT2D eigenvalue weighted by molar-refractivity contribution is 7.19. The second-order valence-corrected chi connectivity index (χ2v) is 12.0. The minimum Gasteiger partial charge on any atom is -0.405 e. The third-order valence-electron chi connectivity index (χ3n) is 7.39. The summed E-state index contributed by atoms with van der Waals surface area (Å²) in [4.78, 5) is 7.53. The van der Waals surface area contributed by atoms with Gasteiger partial charge in [-0.2, -0.15) is 5.10 Å². The minimum atomic E-state index is 0.971. The highest BCUT2D eigenvalue weighted by Crippen LogP contribution is 2.44. The van der Waals surface area contributed by atoms with Crippen LogP contribution in [0, 0.1) is 0 Å². The molecule has 6 heteroatoms. The van der Waals surface area contributed by atoms with Crippen LogP contribution < -0.4 is 5.73 Å². The Labute approximate surface area is 230 Å². The van der Waals surface area contributed by atoms with Crippen molar-refractivity contribution in [1.29, 1.82) is 0 Å². The Morgan fingerprint density at radius 3 is 2.32 bits per heavy atom. The molecule has 2 aliphatic rings. The fourth-order valence-corrected chi connectivity index (χ4v) is 7.79. The first-order valence-corrected chi connectivity index (χ1v) is 14.8. The number of hydrogen-bond acceptors (Lipinski definition) is 5. The molecule has 0 bridgehead atoms. The van der Waals surface area contributed by atoms with Crippen molar-refractivity contribution < 1.29 is 0 Å². The molecule has 0 atom stereocenters.